The number of carbonyl (C=O) groups excluding carboxylic acids is 2. The Morgan fingerprint density at radius 3 is 2.07 bits per heavy atom. The summed E-state index contributed by atoms with van der Waals surface area (Å²) in [6.45, 7) is 9.21. The maximum absolute atomic E-state index is 13.4. The number of rotatable bonds is 9. The van der Waals surface area contributed by atoms with Gasteiger partial charge in [-0.25, -0.2) is 13.4 Å². The van der Waals surface area contributed by atoms with Crippen LogP contribution in [-0.2, 0) is 19.4 Å². The van der Waals surface area contributed by atoms with Gasteiger partial charge in [-0.05, 0) is 86.0 Å². The van der Waals surface area contributed by atoms with E-state index >= 15 is 0 Å². The van der Waals surface area contributed by atoms with Gasteiger partial charge >= 0.3 is 0 Å². The number of nitrogens with zero attached hydrogens (tertiary/aromatic N) is 2. The molecular formula is C35H36N4O4S. The van der Waals surface area contributed by atoms with Gasteiger partial charge in [-0.2, -0.15) is 0 Å². The highest BCUT2D eigenvalue weighted by Crippen LogP contribution is 2.33. The Morgan fingerprint density at radius 2 is 1.45 bits per heavy atom. The van der Waals surface area contributed by atoms with Gasteiger partial charge in [0.2, 0.25) is 5.91 Å². The van der Waals surface area contributed by atoms with E-state index in [1.54, 1.807) is 31.2 Å². The summed E-state index contributed by atoms with van der Waals surface area (Å²) in [5, 5.41) is 5.55. The minimum absolute atomic E-state index is 0.0221. The summed E-state index contributed by atoms with van der Waals surface area (Å²) in [7, 11) is -3.39. The third-order valence-electron chi connectivity index (χ3n) is 7.77. The van der Waals surface area contributed by atoms with Crippen LogP contribution in [0.25, 0.3) is 22.4 Å². The summed E-state index contributed by atoms with van der Waals surface area (Å²) >= 11 is 0. The van der Waals surface area contributed by atoms with E-state index < -0.39 is 21.8 Å². The number of aromatic nitrogens is 2. The van der Waals surface area contributed by atoms with Crippen LogP contribution >= 0.6 is 0 Å². The zero-order chi connectivity index (χ0) is 31.6. The molecule has 0 aliphatic rings. The molecule has 8 nitrogen and oxygen atoms in total. The van der Waals surface area contributed by atoms with E-state index in [2.05, 4.69) is 72.4 Å². The minimum atomic E-state index is -3.39. The van der Waals surface area contributed by atoms with Crippen LogP contribution in [0.2, 0.25) is 0 Å². The van der Waals surface area contributed by atoms with Gasteiger partial charge < -0.3 is 15.2 Å². The number of amides is 2. The van der Waals surface area contributed by atoms with Gasteiger partial charge in [0, 0.05) is 18.2 Å². The molecule has 2 atom stereocenters. The molecule has 2 N–H and O–H groups in total. The quantitative estimate of drug-likeness (QED) is 0.198. The molecule has 0 spiro atoms. The van der Waals surface area contributed by atoms with Crippen LogP contribution in [0.1, 0.15) is 55.1 Å². The molecular weight excluding hydrogens is 572 g/mol. The van der Waals surface area contributed by atoms with Gasteiger partial charge in [0.15, 0.2) is 9.84 Å². The average Bonchev–Trinajstić information content (AvgIpc) is 3.38. The Balaban J connectivity index is 1.44. The Labute approximate surface area is 258 Å². The summed E-state index contributed by atoms with van der Waals surface area (Å²) < 4.78 is 26.7. The van der Waals surface area contributed by atoms with Crippen LogP contribution in [0.15, 0.2) is 95.9 Å². The summed E-state index contributed by atoms with van der Waals surface area (Å²) in [6, 6.07) is 27.2. The molecule has 0 bridgehead atoms. The fraction of sp³-hybridized carbons (Fsp3) is 0.229. The smallest absolute Gasteiger partial charge is 0.251 e. The van der Waals surface area contributed by atoms with Gasteiger partial charge in [0.1, 0.15) is 11.9 Å². The number of benzene rings is 4. The molecule has 9 heteroatoms. The molecule has 2 amide bonds. The largest absolute Gasteiger partial charge is 0.341 e. The molecule has 4 aromatic carbocycles. The fourth-order valence-corrected chi connectivity index (χ4v) is 6.13. The number of anilines is 1. The molecule has 1 heterocycles. The number of hydrogen-bond acceptors (Lipinski definition) is 5. The highest BCUT2D eigenvalue weighted by Gasteiger charge is 2.24. The zero-order valence-electron chi connectivity index (χ0n) is 25.5. The van der Waals surface area contributed by atoms with Crippen LogP contribution in [0.3, 0.4) is 0 Å². The molecule has 44 heavy (non-hydrogen) atoms. The third-order valence-corrected chi connectivity index (χ3v) is 9.52. The second-order valence-corrected chi connectivity index (χ2v) is 13.3. The summed E-state index contributed by atoms with van der Waals surface area (Å²) in [6.07, 6.45) is 0. The SMILES string of the molecule is CCS(=O)(=O)c1ccc(C(NC(C)=O)C(=O)Nc2ccc(-c3nc4ccc(C)cc4n3[C@@H](C)c3ccc(C)cc3)cc2)cc1. The van der Waals surface area contributed by atoms with Crippen molar-refractivity contribution in [2.45, 2.75) is 51.6 Å². The van der Waals surface area contributed by atoms with Crippen molar-refractivity contribution in [1.29, 1.82) is 0 Å². The lowest BCUT2D eigenvalue weighted by atomic mass is 10.0. The van der Waals surface area contributed by atoms with Crippen LogP contribution < -0.4 is 10.6 Å². The molecule has 1 unspecified atom stereocenters. The molecule has 0 aliphatic heterocycles. The van der Waals surface area contributed by atoms with Gasteiger partial charge in [-0.1, -0.05) is 55.0 Å². The predicted octanol–water partition coefficient (Wildman–Crippen LogP) is 6.54. The average molecular weight is 609 g/mol. The Morgan fingerprint density at radius 1 is 0.841 bits per heavy atom. The van der Waals surface area contributed by atoms with Crippen molar-refractivity contribution in [1.82, 2.24) is 14.9 Å². The Bertz CT molecular complexity index is 1930. The summed E-state index contributed by atoms with van der Waals surface area (Å²) in [5.41, 5.74) is 7.37. The van der Waals surface area contributed by atoms with E-state index in [1.165, 1.54) is 30.2 Å². The zero-order valence-corrected chi connectivity index (χ0v) is 26.3. The second kappa shape index (κ2) is 12.5. The summed E-state index contributed by atoms with van der Waals surface area (Å²) in [4.78, 5) is 30.5. The molecule has 0 radical (unpaired) electrons. The highest BCUT2D eigenvalue weighted by molar-refractivity contribution is 7.91. The van der Waals surface area contributed by atoms with Gasteiger partial charge in [-0.3, -0.25) is 9.59 Å². The van der Waals surface area contributed by atoms with Crippen molar-refractivity contribution in [2.24, 2.45) is 0 Å². The molecule has 226 valence electrons. The van der Waals surface area contributed by atoms with E-state index in [0.29, 0.717) is 11.3 Å². The van der Waals surface area contributed by atoms with E-state index in [0.717, 1.165) is 28.0 Å². The summed E-state index contributed by atoms with van der Waals surface area (Å²) in [5.74, 6) is -0.0502. The van der Waals surface area contributed by atoms with Crippen molar-refractivity contribution in [2.75, 3.05) is 11.1 Å². The van der Waals surface area contributed by atoms with Crippen molar-refractivity contribution in [3.8, 4) is 11.4 Å². The number of hydrogen-bond donors (Lipinski definition) is 2. The first kappa shape index (κ1) is 30.7. The number of nitrogens with one attached hydrogen (secondary N) is 2. The number of imidazole rings is 1. The first-order valence-electron chi connectivity index (χ1n) is 14.5. The molecule has 1 aromatic heterocycles. The molecule has 5 rings (SSSR count). The fourth-order valence-electron chi connectivity index (χ4n) is 5.25. The monoisotopic (exact) mass is 608 g/mol. The van der Waals surface area contributed by atoms with Crippen LogP contribution in [0, 0.1) is 13.8 Å². The van der Waals surface area contributed by atoms with Crippen molar-refractivity contribution < 1.29 is 18.0 Å². The maximum atomic E-state index is 13.4. The topological polar surface area (TPSA) is 110 Å². The first-order valence-corrected chi connectivity index (χ1v) is 16.2. The van der Waals surface area contributed by atoms with Crippen molar-refractivity contribution >= 4 is 38.4 Å². The van der Waals surface area contributed by atoms with Crippen molar-refractivity contribution in [3.63, 3.8) is 0 Å². The van der Waals surface area contributed by atoms with E-state index in [4.69, 9.17) is 4.98 Å². The first-order chi connectivity index (χ1) is 21.0. The molecule has 0 fully saturated rings. The Kier molecular flexibility index (Phi) is 8.69. The minimum Gasteiger partial charge on any atom is -0.341 e. The highest BCUT2D eigenvalue weighted by atomic mass is 32.2. The van der Waals surface area contributed by atoms with Crippen LogP contribution in [0.5, 0.6) is 0 Å². The number of aryl methyl sites for hydroxylation is 2. The normalized spacial score (nSPS) is 12.9. The molecule has 0 aliphatic carbocycles. The Hall–Kier alpha value is -4.76. The lowest BCUT2D eigenvalue weighted by Gasteiger charge is -2.20. The van der Waals surface area contributed by atoms with E-state index in [1.807, 2.05) is 18.2 Å². The number of sulfone groups is 1. The maximum Gasteiger partial charge on any atom is 0.251 e. The van der Waals surface area contributed by atoms with Gasteiger partial charge in [0.05, 0.1) is 27.7 Å². The third kappa shape index (κ3) is 6.43. The molecule has 5 aromatic rings. The molecule has 0 saturated carbocycles. The van der Waals surface area contributed by atoms with Gasteiger partial charge in [-0.15, -0.1) is 0 Å². The van der Waals surface area contributed by atoms with Crippen molar-refractivity contribution in [3.05, 3.63) is 113 Å². The van der Waals surface area contributed by atoms with Crippen LogP contribution in [-0.4, -0.2) is 35.5 Å². The lowest BCUT2D eigenvalue weighted by Crippen LogP contribution is -2.35. The van der Waals surface area contributed by atoms with Crippen LogP contribution in [0.4, 0.5) is 5.69 Å². The molecule has 0 saturated heterocycles. The standard InChI is InChI=1S/C35H36N4O4S/c1-6-44(42,43)30-18-14-27(15-19-30)33(36-25(5)40)35(41)37-29-16-12-28(13-17-29)34-38-31-20-9-23(3)21-32(31)39(34)24(4)26-10-7-22(2)8-11-26/h7-21,24,33H,6H2,1-5H3,(H,36,40)(H,37,41)/t24-,33?/m0/s1. The lowest BCUT2D eigenvalue weighted by molar-refractivity contribution is -0.125. The van der Waals surface area contributed by atoms with Gasteiger partial charge in [0.25, 0.3) is 5.91 Å². The van der Waals surface area contributed by atoms with E-state index in [-0.39, 0.29) is 22.6 Å². The second-order valence-electron chi connectivity index (χ2n) is 11.1. The number of carbonyl (C=O) groups is 2. The van der Waals surface area contributed by atoms with E-state index in [9.17, 15) is 18.0 Å². The predicted molar refractivity (Wildman–Crippen MR) is 174 cm³/mol. The number of fused-ring (bicyclic) bond motifs is 1.